The number of carbonyl (C=O) groups is 3. The molecule has 2 N–H and O–H groups in total. The van der Waals surface area contributed by atoms with Gasteiger partial charge in [0, 0.05) is 11.3 Å². The van der Waals surface area contributed by atoms with Crippen molar-refractivity contribution in [3.8, 4) is 5.69 Å². The Bertz CT molecular complexity index is 971. The van der Waals surface area contributed by atoms with Crippen LogP contribution in [0.4, 0.5) is 4.79 Å². The van der Waals surface area contributed by atoms with E-state index in [-0.39, 0.29) is 5.91 Å². The van der Waals surface area contributed by atoms with E-state index in [0.717, 1.165) is 34.9 Å². The SMILES string of the molecule is Cc1cc(C)n(-c2ccc(C(=O)NN3C(=O)NC4(CCC(C)CC4)C3=O)cc2)n1. The van der Waals surface area contributed by atoms with E-state index in [9.17, 15) is 14.4 Å². The molecule has 0 bridgehead atoms. The smallest absolute Gasteiger partial charge is 0.322 e. The molecule has 1 aromatic carbocycles. The van der Waals surface area contributed by atoms with Crippen LogP contribution in [0.5, 0.6) is 0 Å². The van der Waals surface area contributed by atoms with Gasteiger partial charge in [-0.2, -0.15) is 10.1 Å². The van der Waals surface area contributed by atoms with Gasteiger partial charge in [0.05, 0.1) is 11.4 Å². The van der Waals surface area contributed by atoms with E-state index in [1.54, 1.807) is 28.9 Å². The molecule has 152 valence electrons. The molecule has 2 aromatic rings. The average Bonchev–Trinajstić information content (AvgIpc) is 3.15. The summed E-state index contributed by atoms with van der Waals surface area (Å²) in [4.78, 5) is 37.8. The van der Waals surface area contributed by atoms with Crippen molar-refractivity contribution in [3.63, 3.8) is 0 Å². The summed E-state index contributed by atoms with van der Waals surface area (Å²) in [5.74, 6) is -0.341. The van der Waals surface area contributed by atoms with Crippen molar-refractivity contribution in [1.29, 1.82) is 0 Å². The number of nitrogens with zero attached hydrogens (tertiary/aromatic N) is 3. The summed E-state index contributed by atoms with van der Waals surface area (Å²) in [7, 11) is 0. The van der Waals surface area contributed by atoms with E-state index < -0.39 is 17.5 Å². The number of benzene rings is 1. The van der Waals surface area contributed by atoms with Gasteiger partial charge in [0.15, 0.2) is 0 Å². The van der Waals surface area contributed by atoms with Crippen molar-refractivity contribution < 1.29 is 14.4 Å². The summed E-state index contributed by atoms with van der Waals surface area (Å²) in [6, 6.07) is 8.27. The van der Waals surface area contributed by atoms with E-state index in [0.29, 0.717) is 24.3 Å². The summed E-state index contributed by atoms with van der Waals surface area (Å²) in [5.41, 5.74) is 4.67. The third-order valence-corrected chi connectivity index (χ3v) is 5.89. The fraction of sp³-hybridized carbons (Fsp3) is 0.429. The van der Waals surface area contributed by atoms with Gasteiger partial charge in [-0.15, -0.1) is 0 Å². The zero-order chi connectivity index (χ0) is 20.8. The number of hydrogen-bond acceptors (Lipinski definition) is 4. The molecule has 1 saturated carbocycles. The Balaban J connectivity index is 1.47. The highest BCUT2D eigenvalue weighted by molar-refractivity contribution is 6.09. The number of nitrogens with one attached hydrogen (secondary N) is 2. The lowest BCUT2D eigenvalue weighted by atomic mass is 9.77. The normalized spacial score (nSPS) is 24.1. The number of hydrogen-bond donors (Lipinski definition) is 2. The number of aromatic nitrogens is 2. The number of aryl methyl sites for hydroxylation is 2. The van der Waals surface area contributed by atoms with Crippen molar-refractivity contribution in [2.75, 3.05) is 0 Å². The predicted molar refractivity (Wildman–Crippen MR) is 106 cm³/mol. The molecule has 1 saturated heterocycles. The van der Waals surface area contributed by atoms with E-state index in [1.165, 1.54) is 0 Å². The van der Waals surface area contributed by atoms with Gasteiger partial charge in [-0.25, -0.2) is 9.48 Å². The van der Waals surface area contributed by atoms with E-state index in [4.69, 9.17) is 0 Å². The molecule has 1 aromatic heterocycles. The second kappa shape index (κ2) is 7.02. The first-order valence-corrected chi connectivity index (χ1v) is 9.90. The molecule has 2 aliphatic rings. The second-order valence-electron chi connectivity index (χ2n) is 8.16. The molecule has 2 heterocycles. The number of amides is 4. The largest absolute Gasteiger partial charge is 0.344 e. The maximum absolute atomic E-state index is 12.9. The Morgan fingerprint density at radius 1 is 1.17 bits per heavy atom. The number of urea groups is 1. The minimum atomic E-state index is -0.879. The van der Waals surface area contributed by atoms with Crippen molar-refractivity contribution in [1.82, 2.24) is 25.5 Å². The van der Waals surface area contributed by atoms with Crippen LogP contribution in [-0.4, -0.2) is 38.2 Å². The van der Waals surface area contributed by atoms with Crippen LogP contribution in [0.2, 0.25) is 0 Å². The molecular formula is C21H25N5O3. The average molecular weight is 395 g/mol. The third kappa shape index (κ3) is 3.39. The number of rotatable bonds is 3. The third-order valence-electron chi connectivity index (χ3n) is 5.89. The maximum atomic E-state index is 12.9. The Kier molecular flexibility index (Phi) is 4.64. The number of hydrazine groups is 1. The first-order valence-electron chi connectivity index (χ1n) is 9.90. The van der Waals surface area contributed by atoms with E-state index >= 15 is 0 Å². The van der Waals surface area contributed by atoms with Gasteiger partial charge in [0.1, 0.15) is 5.54 Å². The zero-order valence-electron chi connectivity index (χ0n) is 16.9. The molecule has 4 amide bonds. The minimum Gasteiger partial charge on any atom is -0.322 e. The van der Waals surface area contributed by atoms with E-state index in [1.807, 2.05) is 19.9 Å². The van der Waals surface area contributed by atoms with Gasteiger partial charge in [-0.3, -0.25) is 15.0 Å². The molecule has 8 nitrogen and oxygen atoms in total. The monoisotopic (exact) mass is 395 g/mol. The van der Waals surface area contributed by atoms with Crippen molar-refractivity contribution in [2.24, 2.45) is 5.92 Å². The van der Waals surface area contributed by atoms with Gasteiger partial charge < -0.3 is 5.32 Å². The molecule has 0 radical (unpaired) electrons. The molecule has 2 fully saturated rings. The van der Waals surface area contributed by atoms with Crippen LogP contribution in [0.25, 0.3) is 5.69 Å². The van der Waals surface area contributed by atoms with Gasteiger partial charge in [0.25, 0.3) is 11.8 Å². The molecular weight excluding hydrogens is 370 g/mol. The van der Waals surface area contributed by atoms with Crippen molar-refractivity contribution >= 4 is 17.8 Å². The molecule has 0 unspecified atom stereocenters. The van der Waals surface area contributed by atoms with Gasteiger partial charge in [0.2, 0.25) is 0 Å². The highest BCUT2D eigenvalue weighted by atomic mass is 16.2. The quantitative estimate of drug-likeness (QED) is 0.781. The Morgan fingerprint density at radius 2 is 1.83 bits per heavy atom. The van der Waals surface area contributed by atoms with Crippen LogP contribution in [0.3, 0.4) is 0 Å². The van der Waals surface area contributed by atoms with Crippen molar-refractivity contribution in [3.05, 3.63) is 47.3 Å². The lowest BCUT2D eigenvalue weighted by molar-refractivity contribution is -0.134. The number of carbonyl (C=O) groups excluding carboxylic acids is 3. The minimum absolute atomic E-state index is 0.356. The topological polar surface area (TPSA) is 96.3 Å². The summed E-state index contributed by atoms with van der Waals surface area (Å²) in [6.07, 6.45) is 2.95. The predicted octanol–water partition coefficient (Wildman–Crippen LogP) is 2.63. The van der Waals surface area contributed by atoms with Crippen LogP contribution in [0.1, 0.15) is 54.4 Å². The van der Waals surface area contributed by atoms with Crippen molar-refractivity contribution in [2.45, 2.75) is 52.0 Å². The highest BCUT2D eigenvalue weighted by Crippen LogP contribution is 2.35. The first-order chi connectivity index (χ1) is 13.8. The molecule has 0 atom stereocenters. The Hall–Kier alpha value is -3.16. The maximum Gasteiger partial charge on any atom is 0.344 e. The van der Waals surface area contributed by atoms with Crippen LogP contribution in [-0.2, 0) is 4.79 Å². The molecule has 1 aliphatic carbocycles. The van der Waals surface area contributed by atoms with Crippen LogP contribution < -0.4 is 10.7 Å². The summed E-state index contributed by atoms with van der Waals surface area (Å²) >= 11 is 0. The molecule has 1 spiro atoms. The van der Waals surface area contributed by atoms with E-state index in [2.05, 4.69) is 22.8 Å². The zero-order valence-corrected chi connectivity index (χ0v) is 16.9. The van der Waals surface area contributed by atoms with Gasteiger partial charge >= 0.3 is 6.03 Å². The summed E-state index contributed by atoms with van der Waals surface area (Å²) in [5, 5.41) is 8.05. The standard InChI is InChI=1S/C21H25N5O3/c1-13-8-10-21(11-9-13)19(28)26(20(29)22-21)24-18(27)16-4-6-17(7-5-16)25-15(3)12-14(2)23-25/h4-7,12-13H,8-11H2,1-3H3,(H,22,29)(H,24,27). The fourth-order valence-corrected chi connectivity index (χ4v) is 4.13. The summed E-state index contributed by atoms with van der Waals surface area (Å²) < 4.78 is 1.79. The Labute approximate surface area is 169 Å². The summed E-state index contributed by atoms with van der Waals surface area (Å²) in [6.45, 7) is 6.02. The Morgan fingerprint density at radius 3 is 2.41 bits per heavy atom. The van der Waals surface area contributed by atoms with Crippen LogP contribution in [0, 0.1) is 19.8 Å². The lowest BCUT2D eigenvalue weighted by Gasteiger charge is -2.33. The first kappa shape index (κ1) is 19.2. The highest BCUT2D eigenvalue weighted by Gasteiger charge is 2.52. The second-order valence-corrected chi connectivity index (χ2v) is 8.16. The van der Waals surface area contributed by atoms with Gasteiger partial charge in [-0.05, 0) is 75.8 Å². The van der Waals surface area contributed by atoms with Gasteiger partial charge in [-0.1, -0.05) is 6.92 Å². The lowest BCUT2D eigenvalue weighted by Crippen LogP contribution is -2.51. The molecule has 8 heteroatoms. The molecule has 1 aliphatic heterocycles. The molecule has 4 rings (SSSR count). The molecule has 29 heavy (non-hydrogen) atoms. The van der Waals surface area contributed by atoms with Crippen LogP contribution in [0.15, 0.2) is 30.3 Å². The number of imide groups is 1. The fourth-order valence-electron chi connectivity index (χ4n) is 4.13. The van der Waals surface area contributed by atoms with Crippen LogP contribution >= 0.6 is 0 Å².